The molecule has 0 saturated heterocycles. The molecule has 0 N–H and O–H groups in total. The van der Waals surface area contributed by atoms with E-state index in [2.05, 4.69) is 39.7 Å². The van der Waals surface area contributed by atoms with Crippen LogP contribution in [-0.4, -0.2) is 10.8 Å². The van der Waals surface area contributed by atoms with Crippen molar-refractivity contribution in [3.05, 3.63) is 67.2 Å². The maximum atomic E-state index is 12.6. The van der Waals surface area contributed by atoms with Crippen LogP contribution >= 0.6 is 34.0 Å². The fourth-order valence-corrected chi connectivity index (χ4v) is 4.40. The predicted octanol–water partition coefficient (Wildman–Crippen LogP) is 5.03. The van der Waals surface area contributed by atoms with E-state index in [4.69, 9.17) is 0 Å². The van der Waals surface area contributed by atoms with Gasteiger partial charge < -0.3 is 4.90 Å². The summed E-state index contributed by atoms with van der Waals surface area (Å²) >= 11 is 5.10. The second kappa shape index (κ2) is 7.72. The first-order chi connectivity index (χ1) is 10.8. The van der Waals surface area contributed by atoms with E-state index in [1.807, 2.05) is 17.0 Å². The third kappa shape index (κ3) is 4.29. The van der Waals surface area contributed by atoms with Crippen LogP contribution in [0.25, 0.3) is 0 Å². The second-order valence-electron chi connectivity index (χ2n) is 5.04. The maximum absolute atomic E-state index is 12.6. The Morgan fingerprint density at radius 1 is 0.955 bits per heavy atom. The highest BCUT2D eigenvalue weighted by Gasteiger charge is 2.15. The molecule has 3 rings (SSSR count). The Labute approximate surface area is 142 Å². The highest BCUT2D eigenvalue weighted by atomic mass is 32.1. The van der Waals surface area contributed by atoms with Gasteiger partial charge in [-0.25, -0.2) is 0 Å². The summed E-state index contributed by atoms with van der Waals surface area (Å²) in [6, 6.07) is 10.4. The van der Waals surface area contributed by atoms with Crippen LogP contribution in [0.4, 0.5) is 0 Å². The Bertz CT molecular complexity index is 635. The monoisotopic (exact) mass is 347 g/mol. The molecule has 0 radical (unpaired) electrons. The van der Waals surface area contributed by atoms with E-state index >= 15 is 0 Å². The molecule has 22 heavy (non-hydrogen) atoms. The van der Waals surface area contributed by atoms with Gasteiger partial charge in [0, 0.05) is 16.2 Å². The molecule has 0 spiro atoms. The summed E-state index contributed by atoms with van der Waals surface area (Å²) in [6.45, 7) is 1.41. The Morgan fingerprint density at radius 3 is 2.14 bits per heavy atom. The predicted molar refractivity (Wildman–Crippen MR) is 95.5 cm³/mol. The molecule has 0 atom stereocenters. The second-order valence-corrected chi connectivity index (χ2v) is 7.88. The van der Waals surface area contributed by atoms with E-state index in [-0.39, 0.29) is 5.91 Å². The molecule has 0 aliphatic carbocycles. The fraction of sp³-hybridized carbons (Fsp3) is 0.235. The van der Waals surface area contributed by atoms with Gasteiger partial charge >= 0.3 is 0 Å². The third-order valence-electron chi connectivity index (χ3n) is 3.41. The average molecular weight is 348 g/mol. The molecular formula is C17H17NOS3. The SMILES string of the molecule is O=C(CCc1ccsc1)N(Cc1cccs1)Cc1cccs1. The number of carbonyl (C=O) groups is 1. The van der Waals surface area contributed by atoms with Crippen LogP contribution in [0.2, 0.25) is 0 Å². The van der Waals surface area contributed by atoms with Crippen molar-refractivity contribution >= 4 is 39.9 Å². The molecule has 2 nitrogen and oxygen atoms in total. The Hall–Kier alpha value is -1.43. The summed E-state index contributed by atoms with van der Waals surface area (Å²) in [5.74, 6) is 0.230. The van der Waals surface area contributed by atoms with E-state index in [1.165, 1.54) is 15.3 Å². The molecule has 5 heteroatoms. The molecule has 3 aromatic rings. The van der Waals surface area contributed by atoms with Crippen molar-refractivity contribution in [3.63, 3.8) is 0 Å². The molecule has 0 fully saturated rings. The lowest BCUT2D eigenvalue weighted by Gasteiger charge is -2.21. The van der Waals surface area contributed by atoms with Gasteiger partial charge in [0.2, 0.25) is 5.91 Å². The van der Waals surface area contributed by atoms with Gasteiger partial charge in [0.05, 0.1) is 13.1 Å². The molecule has 1 amide bonds. The van der Waals surface area contributed by atoms with Crippen molar-refractivity contribution in [2.24, 2.45) is 0 Å². The minimum Gasteiger partial charge on any atom is -0.332 e. The lowest BCUT2D eigenvalue weighted by molar-refractivity contribution is -0.132. The Morgan fingerprint density at radius 2 is 1.64 bits per heavy atom. The van der Waals surface area contributed by atoms with Crippen LogP contribution in [0, 0.1) is 0 Å². The number of nitrogens with zero attached hydrogens (tertiary/aromatic N) is 1. The fourth-order valence-electron chi connectivity index (χ4n) is 2.26. The van der Waals surface area contributed by atoms with E-state index in [0.29, 0.717) is 19.5 Å². The van der Waals surface area contributed by atoms with E-state index in [0.717, 1.165) is 6.42 Å². The summed E-state index contributed by atoms with van der Waals surface area (Å²) in [7, 11) is 0. The number of carbonyl (C=O) groups excluding carboxylic acids is 1. The highest BCUT2D eigenvalue weighted by Crippen LogP contribution is 2.19. The largest absolute Gasteiger partial charge is 0.332 e. The van der Waals surface area contributed by atoms with Gasteiger partial charge in [0.25, 0.3) is 0 Å². The Kier molecular flexibility index (Phi) is 5.43. The Balaban J connectivity index is 1.64. The number of hydrogen-bond acceptors (Lipinski definition) is 4. The highest BCUT2D eigenvalue weighted by molar-refractivity contribution is 7.10. The first-order valence-electron chi connectivity index (χ1n) is 7.15. The lowest BCUT2D eigenvalue weighted by atomic mass is 10.2. The number of aryl methyl sites for hydroxylation is 1. The zero-order valence-electron chi connectivity index (χ0n) is 12.1. The van der Waals surface area contributed by atoms with Crippen molar-refractivity contribution in [2.45, 2.75) is 25.9 Å². The van der Waals surface area contributed by atoms with Gasteiger partial charge in [0.15, 0.2) is 0 Å². The molecule has 0 bridgehead atoms. The molecule has 3 aromatic heterocycles. The molecule has 3 heterocycles. The first kappa shape index (κ1) is 15.5. The molecule has 0 unspecified atom stereocenters. The number of amides is 1. The molecule has 0 aliphatic heterocycles. The molecule has 0 saturated carbocycles. The lowest BCUT2D eigenvalue weighted by Crippen LogP contribution is -2.29. The molecule has 114 valence electrons. The van der Waals surface area contributed by atoms with Gasteiger partial charge in [-0.05, 0) is 51.7 Å². The van der Waals surface area contributed by atoms with Crippen LogP contribution in [0.1, 0.15) is 21.7 Å². The van der Waals surface area contributed by atoms with E-state index in [9.17, 15) is 4.79 Å². The van der Waals surface area contributed by atoms with Crippen molar-refractivity contribution in [3.8, 4) is 0 Å². The van der Waals surface area contributed by atoms with Crippen molar-refractivity contribution in [1.82, 2.24) is 4.90 Å². The van der Waals surface area contributed by atoms with Crippen LogP contribution in [0.5, 0.6) is 0 Å². The maximum Gasteiger partial charge on any atom is 0.223 e. The third-order valence-corrected chi connectivity index (χ3v) is 5.87. The van der Waals surface area contributed by atoms with Crippen LogP contribution in [-0.2, 0) is 24.3 Å². The smallest absolute Gasteiger partial charge is 0.223 e. The minimum absolute atomic E-state index is 0.230. The zero-order chi connectivity index (χ0) is 15.2. The van der Waals surface area contributed by atoms with Crippen LogP contribution < -0.4 is 0 Å². The van der Waals surface area contributed by atoms with Gasteiger partial charge in [-0.3, -0.25) is 4.79 Å². The van der Waals surface area contributed by atoms with E-state index in [1.54, 1.807) is 34.0 Å². The summed E-state index contributed by atoms with van der Waals surface area (Å²) < 4.78 is 0. The average Bonchev–Trinajstić information content (AvgIpc) is 3.27. The quantitative estimate of drug-likeness (QED) is 0.587. The number of thiophene rings is 3. The molecule has 0 aliphatic rings. The molecular weight excluding hydrogens is 330 g/mol. The summed E-state index contributed by atoms with van der Waals surface area (Å²) in [5, 5.41) is 8.31. The summed E-state index contributed by atoms with van der Waals surface area (Å²) in [5.41, 5.74) is 1.26. The van der Waals surface area contributed by atoms with Crippen LogP contribution in [0.3, 0.4) is 0 Å². The minimum atomic E-state index is 0.230. The van der Waals surface area contributed by atoms with Crippen LogP contribution in [0.15, 0.2) is 51.9 Å². The standard InChI is InChI=1S/C17H17NOS3/c19-17(6-5-14-7-10-20-13-14)18(11-15-3-1-8-21-15)12-16-4-2-9-22-16/h1-4,7-10,13H,5-6,11-12H2. The number of rotatable bonds is 7. The topological polar surface area (TPSA) is 20.3 Å². The van der Waals surface area contributed by atoms with Gasteiger partial charge in [-0.1, -0.05) is 12.1 Å². The van der Waals surface area contributed by atoms with Crippen molar-refractivity contribution < 1.29 is 4.79 Å². The number of hydrogen-bond donors (Lipinski definition) is 0. The summed E-state index contributed by atoms with van der Waals surface area (Å²) in [6.07, 6.45) is 1.40. The van der Waals surface area contributed by atoms with Gasteiger partial charge in [0.1, 0.15) is 0 Å². The van der Waals surface area contributed by atoms with E-state index < -0.39 is 0 Å². The van der Waals surface area contributed by atoms with Crippen molar-refractivity contribution in [2.75, 3.05) is 0 Å². The first-order valence-corrected chi connectivity index (χ1v) is 9.85. The summed E-state index contributed by atoms with van der Waals surface area (Å²) in [4.78, 5) is 17.1. The van der Waals surface area contributed by atoms with Crippen molar-refractivity contribution in [1.29, 1.82) is 0 Å². The molecule has 0 aromatic carbocycles. The van der Waals surface area contributed by atoms with Gasteiger partial charge in [-0.2, -0.15) is 11.3 Å². The zero-order valence-corrected chi connectivity index (χ0v) is 14.6. The normalized spacial score (nSPS) is 10.7. The van der Waals surface area contributed by atoms with Gasteiger partial charge in [-0.15, -0.1) is 22.7 Å².